The van der Waals surface area contributed by atoms with Crippen molar-refractivity contribution in [3.8, 4) is 16.9 Å². The summed E-state index contributed by atoms with van der Waals surface area (Å²) < 4.78 is 1.77. The van der Waals surface area contributed by atoms with Gasteiger partial charge < -0.3 is 10.8 Å². The first kappa shape index (κ1) is 15.9. The number of benzene rings is 1. The maximum atomic E-state index is 9.25. The van der Waals surface area contributed by atoms with Gasteiger partial charge in [-0.05, 0) is 6.07 Å². The van der Waals surface area contributed by atoms with Crippen LogP contribution in [0.2, 0.25) is 10.0 Å². The van der Waals surface area contributed by atoms with Crippen molar-refractivity contribution >= 4 is 39.8 Å². The Morgan fingerprint density at radius 1 is 1.28 bits per heavy atom. The summed E-state index contributed by atoms with van der Waals surface area (Å²) >= 11 is 12.7. The third-order valence-corrected chi connectivity index (χ3v) is 4.76. The summed E-state index contributed by atoms with van der Waals surface area (Å²) in [6.45, 7) is -0.0516. The fourth-order valence-corrected chi connectivity index (χ4v) is 3.34. The maximum Gasteiger partial charge on any atom is 0.182 e. The van der Waals surface area contributed by atoms with E-state index in [0.717, 1.165) is 16.5 Å². The van der Waals surface area contributed by atoms with Crippen LogP contribution in [0.15, 0.2) is 24.7 Å². The highest BCUT2D eigenvalue weighted by Gasteiger charge is 2.22. The zero-order valence-electron chi connectivity index (χ0n) is 12.8. The van der Waals surface area contributed by atoms with Gasteiger partial charge in [0.15, 0.2) is 5.82 Å². The van der Waals surface area contributed by atoms with E-state index in [9.17, 15) is 5.11 Å². The largest absolute Gasteiger partial charge is 0.398 e. The van der Waals surface area contributed by atoms with Gasteiger partial charge in [0.05, 0.1) is 21.8 Å². The Morgan fingerprint density at radius 2 is 2.12 bits per heavy atom. The van der Waals surface area contributed by atoms with E-state index in [4.69, 9.17) is 28.9 Å². The van der Waals surface area contributed by atoms with Gasteiger partial charge in [0.2, 0.25) is 0 Å². The minimum absolute atomic E-state index is 0.0516. The number of H-pyrrole nitrogens is 2. The van der Waals surface area contributed by atoms with Crippen molar-refractivity contribution in [1.29, 1.82) is 0 Å². The molecule has 0 unspecified atom stereocenters. The zero-order valence-corrected chi connectivity index (χ0v) is 14.3. The van der Waals surface area contributed by atoms with Crippen LogP contribution in [0.3, 0.4) is 0 Å². The predicted molar refractivity (Wildman–Crippen MR) is 96.0 cm³/mol. The van der Waals surface area contributed by atoms with E-state index in [1.807, 2.05) is 6.20 Å². The molecule has 0 fully saturated rings. The van der Waals surface area contributed by atoms with Crippen LogP contribution in [-0.4, -0.2) is 41.9 Å². The predicted octanol–water partition coefficient (Wildman–Crippen LogP) is 2.56. The lowest BCUT2D eigenvalue weighted by Crippen LogP contribution is -2.01. The summed E-state index contributed by atoms with van der Waals surface area (Å²) in [7, 11) is 0. The molecule has 5 N–H and O–H groups in total. The topological polar surface area (TPSA) is 121 Å². The Balaban J connectivity index is 2.10. The highest BCUT2D eigenvalue weighted by Crippen LogP contribution is 2.42. The summed E-state index contributed by atoms with van der Waals surface area (Å²) in [5, 5.41) is 28.4. The zero-order chi connectivity index (χ0) is 17.6. The molecule has 1 aromatic carbocycles. The van der Waals surface area contributed by atoms with Gasteiger partial charge in [-0.1, -0.05) is 23.2 Å². The first-order chi connectivity index (χ1) is 12.1. The van der Waals surface area contributed by atoms with E-state index >= 15 is 0 Å². The number of aromatic nitrogens is 6. The molecule has 0 saturated carbocycles. The number of halogens is 2. The second-order valence-corrected chi connectivity index (χ2v) is 6.24. The number of aliphatic hydroxyl groups excluding tert-OH is 1. The van der Waals surface area contributed by atoms with Crippen molar-refractivity contribution in [2.75, 3.05) is 12.3 Å². The number of aliphatic hydroxyl groups is 1. The standard InChI is InChI=1S/C15H13Cl2N7O/c16-9-3-10(18)12-8(7-4-19-20-5-7)6-24(14(12)13(9)17)15-11(1-2-25)21-23-22-15/h3-6,25H,1-2,18H2,(H,19,20)(H,21,22,23). The third-order valence-electron chi connectivity index (χ3n) is 3.98. The van der Waals surface area contributed by atoms with Gasteiger partial charge in [0, 0.05) is 47.6 Å². The molecule has 8 nitrogen and oxygen atoms in total. The molecule has 0 saturated heterocycles. The summed E-state index contributed by atoms with van der Waals surface area (Å²) in [5.74, 6) is 0.525. The van der Waals surface area contributed by atoms with E-state index in [2.05, 4.69) is 25.6 Å². The quantitative estimate of drug-likeness (QED) is 0.407. The molecule has 0 aliphatic rings. The van der Waals surface area contributed by atoms with Gasteiger partial charge in [0.1, 0.15) is 5.69 Å². The van der Waals surface area contributed by atoms with Crippen molar-refractivity contribution in [2.24, 2.45) is 0 Å². The van der Waals surface area contributed by atoms with Crippen LogP contribution in [0, 0.1) is 0 Å². The molecule has 0 bridgehead atoms. The molecule has 128 valence electrons. The first-order valence-corrected chi connectivity index (χ1v) is 8.16. The van der Waals surface area contributed by atoms with E-state index in [1.165, 1.54) is 0 Å². The van der Waals surface area contributed by atoms with E-state index in [-0.39, 0.29) is 6.61 Å². The third kappa shape index (κ3) is 2.46. The smallest absolute Gasteiger partial charge is 0.182 e. The van der Waals surface area contributed by atoms with Crippen molar-refractivity contribution < 1.29 is 5.11 Å². The number of nitrogen functional groups attached to an aromatic ring is 1. The summed E-state index contributed by atoms with van der Waals surface area (Å²) in [5.41, 5.74) is 9.62. The Morgan fingerprint density at radius 3 is 2.84 bits per heavy atom. The van der Waals surface area contributed by atoms with Gasteiger partial charge in [-0.3, -0.25) is 9.67 Å². The highest BCUT2D eigenvalue weighted by molar-refractivity contribution is 6.46. The molecule has 0 spiro atoms. The summed E-state index contributed by atoms with van der Waals surface area (Å²) in [6, 6.07) is 1.62. The Hall–Kier alpha value is -2.55. The number of aromatic amines is 2. The minimum atomic E-state index is -0.0516. The van der Waals surface area contributed by atoms with E-state index in [0.29, 0.717) is 39.2 Å². The average molecular weight is 378 g/mol. The monoisotopic (exact) mass is 377 g/mol. The Bertz CT molecular complexity index is 1050. The fourth-order valence-electron chi connectivity index (χ4n) is 2.90. The van der Waals surface area contributed by atoms with Crippen molar-refractivity contribution in [3.63, 3.8) is 0 Å². The Labute approximate surface area is 151 Å². The summed E-state index contributed by atoms with van der Waals surface area (Å²) in [6.07, 6.45) is 5.66. The molecule has 0 aliphatic heterocycles. The first-order valence-electron chi connectivity index (χ1n) is 7.40. The number of hydrogen-bond donors (Lipinski definition) is 4. The van der Waals surface area contributed by atoms with Crippen LogP contribution >= 0.6 is 23.2 Å². The van der Waals surface area contributed by atoms with Crippen LogP contribution in [0.4, 0.5) is 5.69 Å². The second kappa shape index (κ2) is 6.07. The lowest BCUT2D eigenvalue weighted by molar-refractivity contribution is 0.298. The summed E-state index contributed by atoms with van der Waals surface area (Å²) in [4.78, 5) is 0. The maximum absolute atomic E-state index is 9.25. The molecular weight excluding hydrogens is 365 g/mol. The van der Waals surface area contributed by atoms with Gasteiger partial charge in [-0.25, -0.2) is 0 Å². The molecule has 0 atom stereocenters. The number of fused-ring (bicyclic) bond motifs is 1. The van der Waals surface area contributed by atoms with Gasteiger partial charge >= 0.3 is 0 Å². The fraction of sp³-hybridized carbons (Fsp3) is 0.133. The molecule has 0 radical (unpaired) electrons. The van der Waals surface area contributed by atoms with Gasteiger partial charge in [0.25, 0.3) is 0 Å². The van der Waals surface area contributed by atoms with Crippen molar-refractivity contribution in [3.05, 3.63) is 40.4 Å². The molecule has 0 aliphatic carbocycles. The second-order valence-electron chi connectivity index (χ2n) is 5.45. The molecule has 3 heterocycles. The molecule has 25 heavy (non-hydrogen) atoms. The van der Waals surface area contributed by atoms with Crippen molar-refractivity contribution in [2.45, 2.75) is 6.42 Å². The van der Waals surface area contributed by atoms with Crippen LogP contribution in [0.1, 0.15) is 5.69 Å². The number of anilines is 1. The van der Waals surface area contributed by atoms with Crippen molar-refractivity contribution in [1.82, 2.24) is 30.2 Å². The lowest BCUT2D eigenvalue weighted by Gasteiger charge is -2.07. The minimum Gasteiger partial charge on any atom is -0.398 e. The highest BCUT2D eigenvalue weighted by atomic mass is 35.5. The van der Waals surface area contributed by atoms with E-state index in [1.54, 1.807) is 23.0 Å². The molecular formula is C15H13Cl2N7O. The molecule has 4 rings (SSSR count). The van der Waals surface area contributed by atoms with E-state index < -0.39 is 0 Å². The number of nitrogens with one attached hydrogen (secondary N) is 2. The SMILES string of the molecule is Nc1cc(Cl)c(Cl)c2c1c(-c1cn[nH]c1)cn2-c1n[nH]nc1CCO. The van der Waals surface area contributed by atoms with Crippen LogP contribution in [-0.2, 0) is 6.42 Å². The lowest BCUT2D eigenvalue weighted by atomic mass is 10.1. The Kier molecular flexibility index (Phi) is 3.87. The van der Waals surface area contributed by atoms with Crippen LogP contribution in [0.5, 0.6) is 0 Å². The van der Waals surface area contributed by atoms with Gasteiger partial charge in [-0.15, -0.1) is 5.10 Å². The number of nitrogens with two attached hydrogens (primary N) is 1. The molecule has 0 amide bonds. The number of nitrogens with zero attached hydrogens (tertiary/aromatic N) is 4. The van der Waals surface area contributed by atoms with Gasteiger partial charge in [-0.2, -0.15) is 15.4 Å². The molecule has 4 aromatic rings. The number of hydrogen-bond acceptors (Lipinski definition) is 5. The van der Waals surface area contributed by atoms with Crippen LogP contribution in [0.25, 0.3) is 27.8 Å². The van der Waals surface area contributed by atoms with Crippen LogP contribution < -0.4 is 5.73 Å². The molecule has 3 aromatic heterocycles. The number of rotatable bonds is 4. The average Bonchev–Trinajstić information content (AvgIpc) is 3.31. The molecule has 10 heteroatoms. The normalized spacial score (nSPS) is 11.5.